The molecule has 1 amide bonds. The minimum Gasteiger partial charge on any atom is -0.349 e. The summed E-state index contributed by atoms with van der Waals surface area (Å²) in [6, 6.07) is 0. The van der Waals surface area contributed by atoms with Crippen molar-refractivity contribution in [2.75, 3.05) is 0 Å². The van der Waals surface area contributed by atoms with Gasteiger partial charge in [0.15, 0.2) is 0 Å². The van der Waals surface area contributed by atoms with Crippen molar-refractivity contribution in [2.24, 2.45) is 7.05 Å². The number of carbonyl (C=O) groups excluding carboxylic acids is 1. The minimum atomic E-state index is -0.291. The van der Waals surface area contributed by atoms with Crippen LogP contribution in [0.25, 0.3) is 0 Å². The zero-order valence-corrected chi connectivity index (χ0v) is 8.45. The molecule has 0 saturated carbocycles. The van der Waals surface area contributed by atoms with Gasteiger partial charge >= 0.3 is 0 Å². The Kier molecular flexibility index (Phi) is 3.30. The maximum absolute atomic E-state index is 11.1. The number of aromatic nitrogens is 3. The van der Waals surface area contributed by atoms with Crippen LogP contribution in [0.5, 0.6) is 0 Å². The molecular formula is C7H12N4OS. The Bertz CT molecular complexity index is 296. The normalized spacial score (nSPS) is 12.5. The fourth-order valence-electron chi connectivity index (χ4n) is 0.796. The lowest BCUT2D eigenvalue weighted by Crippen LogP contribution is -2.29. The molecule has 0 fully saturated rings. The van der Waals surface area contributed by atoms with E-state index in [2.05, 4.69) is 28.3 Å². The summed E-state index contributed by atoms with van der Waals surface area (Å²) in [5.41, 5.74) is 0.863. The Morgan fingerprint density at radius 3 is 3.00 bits per heavy atom. The molecule has 1 rings (SSSR count). The molecule has 0 saturated heterocycles. The number of carbonyl (C=O) groups is 1. The summed E-state index contributed by atoms with van der Waals surface area (Å²) in [4.78, 5) is 11.1. The van der Waals surface area contributed by atoms with Crippen LogP contribution in [0.1, 0.15) is 12.6 Å². The molecular weight excluding hydrogens is 188 g/mol. The van der Waals surface area contributed by atoms with E-state index in [9.17, 15) is 4.79 Å². The van der Waals surface area contributed by atoms with Gasteiger partial charge in [-0.15, -0.1) is 5.10 Å². The van der Waals surface area contributed by atoms with Gasteiger partial charge < -0.3 is 5.32 Å². The average molecular weight is 200 g/mol. The first-order valence-corrected chi connectivity index (χ1v) is 4.42. The molecule has 1 N–H and O–H groups in total. The van der Waals surface area contributed by atoms with Gasteiger partial charge in [-0.25, -0.2) is 0 Å². The van der Waals surface area contributed by atoms with E-state index in [0.717, 1.165) is 5.69 Å². The van der Waals surface area contributed by atoms with E-state index in [1.165, 1.54) is 0 Å². The zero-order valence-electron chi connectivity index (χ0n) is 7.56. The number of nitrogens with zero attached hydrogens (tertiary/aromatic N) is 3. The molecule has 5 nitrogen and oxygen atoms in total. The third kappa shape index (κ3) is 2.73. The molecule has 1 heterocycles. The predicted molar refractivity (Wildman–Crippen MR) is 51.3 cm³/mol. The van der Waals surface area contributed by atoms with Gasteiger partial charge in [-0.1, -0.05) is 5.21 Å². The zero-order chi connectivity index (χ0) is 9.84. The molecule has 1 atom stereocenters. The third-order valence-electron chi connectivity index (χ3n) is 1.63. The van der Waals surface area contributed by atoms with Gasteiger partial charge in [0.2, 0.25) is 5.91 Å². The van der Waals surface area contributed by atoms with E-state index in [1.807, 2.05) is 0 Å². The van der Waals surface area contributed by atoms with Crippen molar-refractivity contribution in [3.05, 3.63) is 11.9 Å². The molecule has 13 heavy (non-hydrogen) atoms. The van der Waals surface area contributed by atoms with Gasteiger partial charge in [-0.2, -0.15) is 12.6 Å². The second kappa shape index (κ2) is 4.27. The van der Waals surface area contributed by atoms with E-state index >= 15 is 0 Å². The molecule has 1 aromatic heterocycles. The van der Waals surface area contributed by atoms with Crippen molar-refractivity contribution in [2.45, 2.75) is 18.7 Å². The van der Waals surface area contributed by atoms with E-state index in [1.54, 1.807) is 24.9 Å². The summed E-state index contributed by atoms with van der Waals surface area (Å²) >= 11 is 4.00. The maximum Gasteiger partial charge on any atom is 0.232 e. The second-order valence-corrected chi connectivity index (χ2v) is 3.52. The van der Waals surface area contributed by atoms with Crippen LogP contribution >= 0.6 is 12.6 Å². The van der Waals surface area contributed by atoms with Gasteiger partial charge in [0.05, 0.1) is 23.7 Å². The van der Waals surface area contributed by atoms with Crippen molar-refractivity contribution < 1.29 is 4.79 Å². The highest BCUT2D eigenvalue weighted by Crippen LogP contribution is 1.95. The Morgan fingerprint density at radius 1 is 1.85 bits per heavy atom. The molecule has 72 valence electrons. The summed E-state index contributed by atoms with van der Waals surface area (Å²) in [5.74, 6) is -0.0930. The summed E-state index contributed by atoms with van der Waals surface area (Å²) in [7, 11) is 1.78. The molecule has 0 bridgehead atoms. The lowest BCUT2D eigenvalue weighted by Gasteiger charge is -2.06. The Labute approximate surface area is 81.9 Å². The van der Waals surface area contributed by atoms with Crippen molar-refractivity contribution in [1.29, 1.82) is 0 Å². The lowest BCUT2D eigenvalue weighted by atomic mass is 10.4. The van der Waals surface area contributed by atoms with Crippen LogP contribution in [0.15, 0.2) is 6.20 Å². The summed E-state index contributed by atoms with van der Waals surface area (Å²) in [6.07, 6.45) is 1.61. The van der Waals surface area contributed by atoms with Crippen molar-refractivity contribution in [3.8, 4) is 0 Å². The first-order valence-electron chi connectivity index (χ1n) is 3.90. The highest BCUT2D eigenvalue weighted by molar-refractivity contribution is 7.81. The molecule has 0 aliphatic rings. The average Bonchev–Trinajstić information content (AvgIpc) is 2.47. The monoisotopic (exact) mass is 200 g/mol. The van der Waals surface area contributed by atoms with Crippen LogP contribution in [-0.4, -0.2) is 26.2 Å². The van der Waals surface area contributed by atoms with E-state index in [-0.39, 0.29) is 11.2 Å². The SMILES string of the molecule is CC(S)C(=O)NCc1cnnn1C. The van der Waals surface area contributed by atoms with Gasteiger partial charge in [0.25, 0.3) is 0 Å². The number of nitrogens with one attached hydrogen (secondary N) is 1. The third-order valence-corrected chi connectivity index (χ3v) is 1.87. The molecule has 6 heteroatoms. The van der Waals surface area contributed by atoms with E-state index < -0.39 is 0 Å². The molecule has 0 aliphatic carbocycles. The van der Waals surface area contributed by atoms with Crippen LogP contribution in [0.4, 0.5) is 0 Å². The highest BCUT2D eigenvalue weighted by atomic mass is 32.1. The van der Waals surface area contributed by atoms with E-state index in [4.69, 9.17) is 0 Å². The van der Waals surface area contributed by atoms with Gasteiger partial charge in [-0.05, 0) is 6.92 Å². The molecule has 0 radical (unpaired) electrons. The topological polar surface area (TPSA) is 59.8 Å². The number of aryl methyl sites for hydroxylation is 1. The number of hydrogen-bond donors (Lipinski definition) is 2. The smallest absolute Gasteiger partial charge is 0.232 e. The Hall–Kier alpha value is -1.04. The maximum atomic E-state index is 11.1. The largest absolute Gasteiger partial charge is 0.349 e. The number of hydrogen-bond acceptors (Lipinski definition) is 4. The quantitative estimate of drug-likeness (QED) is 0.661. The Morgan fingerprint density at radius 2 is 2.54 bits per heavy atom. The molecule has 0 aromatic carbocycles. The highest BCUT2D eigenvalue weighted by Gasteiger charge is 2.07. The summed E-state index contributed by atoms with van der Waals surface area (Å²) in [5, 5.41) is 9.84. The van der Waals surface area contributed by atoms with Crippen LogP contribution < -0.4 is 5.32 Å². The minimum absolute atomic E-state index is 0.0930. The molecule has 1 aromatic rings. The second-order valence-electron chi connectivity index (χ2n) is 2.74. The molecule has 1 unspecified atom stereocenters. The van der Waals surface area contributed by atoms with Crippen LogP contribution in [0, 0.1) is 0 Å². The number of rotatable bonds is 3. The first-order chi connectivity index (χ1) is 6.11. The van der Waals surface area contributed by atoms with Crippen LogP contribution in [0.2, 0.25) is 0 Å². The number of amides is 1. The molecule has 0 spiro atoms. The fraction of sp³-hybridized carbons (Fsp3) is 0.571. The van der Waals surface area contributed by atoms with Crippen molar-refractivity contribution in [1.82, 2.24) is 20.3 Å². The Balaban J connectivity index is 2.44. The van der Waals surface area contributed by atoms with Gasteiger partial charge in [-0.3, -0.25) is 9.48 Å². The van der Waals surface area contributed by atoms with Gasteiger partial charge in [0, 0.05) is 7.05 Å². The molecule has 0 aliphatic heterocycles. The summed E-state index contributed by atoms with van der Waals surface area (Å²) < 4.78 is 1.61. The van der Waals surface area contributed by atoms with Crippen LogP contribution in [-0.2, 0) is 18.4 Å². The fourth-order valence-corrected chi connectivity index (χ4v) is 0.888. The summed E-state index contributed by atoms with van der Waals surface area (Å²) in [6.45, 7) is 2.16. The van der Waals surface area contributed by atoms with Gasteiger partial charge in [0.1, 0.15) is 0 Å². The first kappa shape index (κ1) is 10.0. The van der Waals surface area contributed by atoms with E-state index in [0.29, 0.717) is 6.54 Å². The number of thiol groups is 1. The van der Waals surface area contributed by atoms with Crippen molar-refractivity contribution >= 4 is 18.5 Å². The standard InChI is InChI=1S/C7H12N4OS/c1-5(13)7(12)8-3-6-4-9-10-11(6)2/h4-5,13H,3H2,1-2H3,(H,8,12). The van der Waals surface area contributed by atoms with Crippen molar-refractivity contribution in [3.63, 3.8) is 0 Å². The van der Waals surface area contributed by atoms with Crippen LogP contribution in [0.3, 0.4) is 0 Å². The lowest BCUT2D eigenvalue weighted by molar-refractivity contribution is -0.120. The predicted octanol–water partition coefficient (Wildman–Crippen LogP) is -0.250.